The van der Waals surface area contributed by atoms with E-state index in [9.17, 15) is 13.2 Å². The molecule has 2 rings (SSSR count). The van der Waals surface area contributed by atoms with Crippen molar-refractivity contribution in [3.8, 4) is 5.75 Å². The lowest BCUT2D eigenvalue weighted by molar-refractivity contribution is -0.0943. The largest absolute Gasteiger partial charge is 0.497 e. The van der Waals surface area contributed by atoms with E-state index in [1.54, 1.807) is 13.2 Å². The first-order valence-corrected chi connectivity index (χ1v) is 6.34. The summed E-state index contributed by atoms with van der Waals surface area (Å²) in [4.78, 5) is 1.89. The average Bonchev–Trinajstić information content (AvgIpc) is 2.45. The van der Waals surface area contributed by atoms with Crippen molar-refractivity contribution in [1.82, 2.24) is 0 Å². The van der Waals surface area contributed by atoms with E-state index in [1.165, 1.54) is 6.08 Å². The molecule has 0 radical (unpaired) electrons. The standard InChI is InChI=1S/C14H17F3N2O/c1-20-12-3-2-10(9-18)13(8-12)19-6-4-11(5-7-19)14(15,16)17/h2-4,8H,5-7,9,18H2,1H3. The molecule has 1 aromatic carbocycles. The highest BCUT2D eigenvalue weighted by molar-refractivity contribution is 5.58. The van der Waals surface area contributed by atoms with Crippen LogP contribution in [0.5, 0.6) is 5.75 Å². The van der Waals surface area contributed by atoms with E-state index in [2.05, 4.69) is 0 Å². The Morgan fingerprint density at radius 1 is 1.35 bits per heavy atom. The molecule has 0 aromatic heterocycles. The summed E-state index contributed by atoms with van der Waals surface area (Å²) in [7, 11) is 1.55. The zero-order valence-electron chi connectivity index (χ0n) is 11.2. The normalized spacial score (nSPS) is 16.1. The molecule has 0 aliphatic carbocycles. The predicted octanol–water partition coefficient (Wildman–Crippen LogP) is 2.85. The van der Waals surface area contributed by atoms with E-state index in [0.29, 0.717) is 18.8 Å². The third-order valence-corrected chi connectivity index (χ3v) is 3.43. The Balaban J connectivity index is 2.24. The van der Waals surface area contributed by atoms with Gasteiger partial charge in [0.25, 0.3) is 0 Å². The second kappa shape index (κ2) is 5.75. The van der Waals surface area contributed by atoms with Gasteiger partial charge in [-0.15, -0.1) is 0 Å². The quantitative estimate of drug-likeness (QED) is 0.868. The van der Waals surface area contributed by atoms with Gasteiger partial charge in [0.2, 0.25) is 0 Å². The maximum atomic E-state index is 12.6. The molecule has 0 atom stereocenters. The molecule has 20 heavy (non-hydrogen) atoms. The molecule has 0 fully saturated rings. The van der Waals surface area contributed by atoms with E-state index < -0.39 is 11.7 Å². The van der Waals surface area contributed by atoms with Gasteiger partial charge < -0.3 is 15.4 Å². The van der Waals surface area contributed by atoms with Gasteiger partial charge in [0.15, 0.2) is 0 Å². The van der Waals surface area contributed by atoms with Crippen molar-refractivity contribution < 1.29 is 17.9 Å². The van der Waals surface area contributed by atoms with Crippen LogP contribution in [0.4, 0.5) is 18.9 Å². The molecule has 1 aliphatic rings. The Hall–Kier alpha value is -1.69. The molecule has 1 aliphatic heterocycles. The number of nitrogens with two attached hydrogens (primary N) is 1. The average molecular weight is 286 g/mol. The fourth-order valence-electron chi connectivity index (χ4n) is 2.28. The highest BCUT2D eigenvalue weighted by Crippen LogP contribution is 2.33. The molecule has 0 amide bonds. The van der Waals surface area contributed by atoms with Crippen LogP contribution in [0, 0.1) is 0 Å². The Labute approximate surface area is 115 Å². The number of hydrogen-bond donors (Lipinski definition) is 1. The highest BCUT2D eigenvalue weighted by Gasteiger charge is 2.34. The third-order valence-electron chi connectivity index (χ3n) is 3.43. The van der Waals surface area contributed by atoms with E-state index in [0.717, 1.165) is 11.3 Å². The van der Waals surface area contributed by atoms with Crippen molar-refractivity contribution in [3.63, 3.8) is 0 Å². The summed E-state index contributed by atoms with van der Waals surface area (Å²) in [6.45, 7) is 0.895. The van der Waals surface area contributed by atoms with Gasteiger partial charge in [-0.2, -0.15) is 13.2 Å². The van der Waals surface area contributed by atoms with E-state index in [-0.39, 0.29) is 13.0 Å². The lowest BCUT2D eigenvalue weighted by Gasteiger charge is -2.30. The fraction of sp³-hybridized carbons (Fsp3) is 0.429. The van der Waals surface area contributed by atoms with Crippen LogP contribution in [-0.2, 0) is 6.54 Å². The highest BCUT2D eigenvalue weighted by atomic mass is 19.4. The van der Waals surface area contributed by atoms with Crippen molar-refractivity contribution in [2.24, 2.45) is 5.73 Å². The van der Waals surface area contributed by atoms with E-state index >= 15 is 0 Å². The molecule has 1 aromatic rings. The van der Waals surface area contributed by atoms with Crippen LogP contribution in [0.3, 0.4) is 0 Å². The lowest BCUT2D eigenvalue weighted by Crippen LogP contribution is -2.32. The number of anilines is 1. The van der Waals surface area contributed by atoms with Gasteiger partial charge in [0.1, 0.15) is 5.75 Å². The Morgan fingerprint density at radius 3 is 2.60 bits per heavy atom. The zero-order chi connectivity index (χ0) is 14.8. The van der Waals surface area contributed by atoms with Crippen LogP contribution in [-0.4, -0.2) is 26.4 Å². The number of nitrogens with zero attached hydrogens (tertiary/aromatic N) is 1. The van der Waals surface area contributed by atoms with Crippen LogP contribution < -0.4 is 15.4 Å². The van der Waals surface area contributed by atoms with Crippen LogP contribution >= 0.6 is 0 Å². The summed E-state index contributed by atoms with van der Waals surface area (Å²) in [5, 5.41) is 0. The molecule has 1 heterocycles. The SMILES string of the molecule is COc1ccc(CN)c(N2CC=C(C(F)(F)F)CC2)c1. The van der Waals surface area contributed by atoms with Gasteiger partial charge in [0.05, 0.1) is 7.11 Å². The number of hydrogen-bond acceptors (Lipinski definition) is 3. The molecule has 110 valence electrons. The van der Waals surface area contributed by atoms with Crippen molar-refractivity contribution in [3.05, 3.63) is 35.4 Å². The number of alkyl halides is 3. The van der Waals surface area contributed by atoms with Crippen molar-refractivity contribution in [2.75, 3.05) is 25.1 Å². The maximum absolute atomic E-state index is 12.6. The molecule has 0 saturated carbocycles. The summed E-state index contributed by atoms with van der Waals surface area (Å²) >= 11 is 0. The first-order chi connectivity index (χ1) is 9.45. The molecule has 0 bridgehead atoms. The maximum Gasteiger partial charge on any atom is 0.412 e. The molecular weight excluding hydrogens is 269 g/mol. The Kier molecular flexibility index (Phi) is 4.23. The van der Waals surface area contributed by atoms with Crippen LogP contribution in [0.2, 0.25) is 0 Å². The number of benzene rings is 1. The monoisotopic (exact) mass is 286 g/mol. The van der Waals surface area contributed by atoms with Gasteiger partial charge in [-0.3, -0.25) is 0 Å². The van der Waals surface area contributed by atoms with E-state index in [1.807, 2.05) is 17.0 Å². The summed E-state index contributed by atoms with van der Waals surface area (Å²) in [5.74, 6) is 0.669. The number of methoxy groups -OCH3 is 1. The van der Waals surface area contributed by atoms with Crippen LogP contribution in [0.1, 0.15) is 12.0 Å². The molecule has 3 nitrogen and oxygen atoms in total. The van der Waals surface area contributed by atoms with E-state index in [4.69, 9.17) is 10.5 Å². The van der Waals surface area contributed by atoms with Crippen molar-refractivity contribution in [1.29, 1.82) is 0 Å². The minimum atomic E-state index is -4.23. The lowest BCUT2D eigenvalue weighted by atomic mass is 10.1. The van der Waals surface area contributed by atoms with Crippen molar-refractivity contribution >= 4 is 5.69 Å². The minimum Gasteiger partial charge on any atom is -0.497 e. The van der Waals surface area contributed by atoms with Gasteiger partial charge in [-0.1, -0.05) is 12.1 Å². The number of ether oxygens (including phenoxy) is 1. The number of rotatable bonds is 3. The first kappa shape index (κ1) is 14.7. The minimum absolute atomic E-state index is 0.00921. The second-order valence-corrected chi connectivity index (χ2v) is 4.62. The van der Waals surface area contributed by atoms with Gasteiger partial charge >= 0.3 is 6.18 Å². The topological polar surface area (TPSA) is 38.5 Å². The molecule has 2 N–H and O–H groups in total. The Morgan fingerprint density at radius 2 is 2.10 bits per heavy atom. The smallest absolute Gasteiger partial charge is 0.412 e. The Bertz CT molecular complexity index is 512. The molecule has 0 spiro atoms. The summed E-state index contributed by atoms with van der Waals surface area (Å²) in [5.41, 5.74) is 6.96. The van der Waals surface area contributed by atoms with Gasteiger partial charge in [0, 0.05) is 37.0 Å². The van der Waals surface area contributed by atoms with Crippen LogP contribution in [0.25, 0.3) is 0 Å². The first-order valence-electron chi connectivity index (χ1n) is 6.34. The van der Waals surface area contributed by atoms with Crippen molar-refractivity contribution in [2.45, 2.75) is 19.1 Å². The van der Waals surface area contributed by atoms with Crippen LogP contribution in [0.15, 0.2) is 29.8 Å². The predicted molar refractivity (Wildman–Crippen MR) is 71.9 cm³/mol. The fourth-order valence-corrected chi connectivity index (χ4v) is 2.28. The molecular formula is C14H17F3N2O. The van der Waals surface area contributed by atoms with Gasteiger partial charge in [-0.05, 0) is 18.1 Å². The zero-order valence-corrected chi connectivity index (χ0v) is 11.2. The third kappa shape index (κ3) is 3.07. The second-order valence-electron chi connectivity index (χ2n) is 4.62. The summed E-state index contributed by atoms with van der Waals surface area (Å²) < 4.78 is 43.0. The summed E-state index contributed by atoms with van der Waals surface area (Å²) in [6.07, 6.45) is -2.99. The molecule has 0 saturated heterocycles. The molecule has 6 heteroatoms. The van der Waals surface area contributed by atoms with Gasteiger partial charge in [-0.25, -0.2) is 0 Å². The summed E-state index contributed by atoms with van der Waals surface area (Å²) in [6, 6.07) is 5.46. The molecule has 0 unspecified atom stereocenters. The number of halogens is 3.